The van der Waals surface area contributed by atoms with Gasteiger partial charge in [-0.15, -0.1) is 0 Å². The van der Waals surface area contributed by atoms with Crippen LogP contribution in [0.25, 0.3) is 0 Å². The van der Waals surface area contributed by atoms with E-state index >= 15 is 0 Å². The summed E-state index contributed by atoms with van der Waals surface area (Å²) in [6, 6.07) is 13.1. The van der Waals surface area contributed by atoms with E-state index in [0.29, 0.717) is 18.8 Å². The van der Waals surface area contributed by atoms with E-state index in [9.17, 15) is 14.0 Å². The molecule has 1 aliphatic heterocycles. The van der Waals surface area contributed by atoms with Gasteiger partial charge in [-0.25, -0.2) is 4.39 Å². The third-order valence-corrected chi connectivity index (χ3v) is 4.30. The predicted octanol–water partition coefficient (Wildman–Crippen LogP) is 2.75. The molecule has 2 aromatic rings. The van der Waals surface area contributed by atoms with Gasteiger partial charge in [-0.1, -0.05) is 6.07 Å². The fraction of sp³-hybridized carbons (Fsp3) is 0.263. The van der Waals surface area contributed by atoms with Crippen LogP contribution in [0.3, 0.4) is 0 Å². The van der Waals surface area contributed by atoms with Gasteiger partial charge in [-0.05, 0) is 42.5 Å². The van der Waals surface area contributed by atoms with Crippen molar-refractivity contribution in [2.45, 2.75) is 6.92 Å². The maximum absolute atomic E-state index is 13.2. The summed E-state index contributed by atoms with van der Waals surface area (Å²) in [6.45, 7) is 4.59. The summed E-state index contributed by atoms with van der Waals surface area (Å²) in [5, 5.41) is 2.76. The molecule has 0 saturated carbocycles. The standard InChI is InChI=1S/C19H20FN3O2/c1-14(24)22-9-11-23(12-10-22)18-7-5-17(6-8-18)21-19(25)15-3-2-4-16(20)13-15/h2-8,13H,9-12H2,1H3,(H,21,25). The molecule has 0 spiro atoms. The number of rotatable bonds is 3. The Morgan fingerprint density at radius 2 is 1.68 bits per heavy atom. The normalized spacial score (nSPS) is 14.3. The van der Waals surface area contributed by atoms with Crippen LogP contribution in [0.2, 0.25) is 0 Å². The molecule has 130 valence electrons. The van der Waals surface area contributed by atoms with E-state index in [0.717, 1.165) is 18.8 Å². The smallest absolute Gasteiger partial charge is 0.255 e. The molecular formula is C19H20FN3O2. The molecule has 1 saturated heterocycles. The molecule has 0 aliphatic carbocycles. The van der Waals surface area contributed by atoms with E-state index in [2.05, 4.69) is 10.2 Å². The summed E-state index contributed by atoms with van der Waals surface area (Å²) < 4.78 is 13.2. The molecule has 5 nitrogen and oxygen atoms in total. The van der Waals surface area contributed by atoms with Gasteiger partial charge in [0.25, 0.3) is 5.91 Å². The Morgan fingerprint density at radius 1 is 1.00 bits per heavy atom. The van der Waals surface area contributed by atoms with Crippen molar-refractivity contribution in [1.29, 1.82) is 0 Å². The highest BCUT2D eigenvalue weighted by Crippen LogP contribution is 2.20. The van der Waals surface area contributed by atoms with E-state index in [1.165, 1.54) is 18.2 Å². The molecule has 0 bridgehead atoms. The minimum atomic E-state index is -0.437. The first-order valence-electron chi connectivity index (χ1n) is 8.20. The second-order valence-electron chi connectivity index (χ2n) is 6.00. The van der Waals surface area contributed by atoms with Crippen molar-refractivity contribution in [3.05, 3.63) is 59.9 Å². The number of piperazine rings is 1. The number of benzene rings is 2. The molecular weight excluding hydrogens is 321 g/mol. The number of nitrogens with one attached hydrogen (secondary N) is 1. The van der Waals surface area contributed by atoms with Crippen LogP contribution in [-0.4, -0.2) is 42.9 Å². The number of carbonyl (C=O) groups is 2. The van der Waals surface area contributed by atoms with Crippen LogP contribution in [0.4, 0.5) is 15.8 Å². The molecule has 0 unspecified atom stereocenters. The predicted molar refractivity (Wildman–Crippen MR) is 95.3 cm³/mol. The molecule has 1 N–H and O–H groups in total. The van der Waals surface area contributed by atoms with Crippen molar-refractivity contribution in [3.63, 3.8) is 0 Å². The Bertz CT molecular complexity index is 768. The zero-order chi connectivity index (χ0) is 17.8. The molecule has 0 radical (unpaired) electrons. The van der Waals surface area contributed by atoms with Gasteiger partial charge in [0.15, 0.2) is 0 Å². The van der Waals surface area contributed by atoms with E-state index in [1.807, 2.05) is 29.2 Å². The number of anilines is 2. The number of hydrogen-bond acceptors (Lipinski definition) is 3. The van der Waals surface area contributed by atoms with Crippen LogP contribution in [0, 0.1) is 5.82 Å². The summed E-state index contributed by atoms with van der Waals surface area (Å²) in [6.07, 6.45) is 0. The summed E-state index contributed by atoms with van der Waals surface area (Å²) in [7, 11) is 0. The Balaban J connectivity index is 1.61. The Hall–Kier alpha value is -2.89. The molecule has 6 heteroatoms. The molecule has 3 rings (SSSR count). The minimum Gasteiger partial charge on any atom is -0.368 e. The molecule has 0 aromatic heterocycles. The molecule has 2 aromatic carbocycles. The van der Waals surface area contributed by atoms with Crippen molar-refractivity contribution < 1.29 is 14.0 Å². The highest BCUT2D eigenvalue weighted by molar-refractivity contribution is 6.04. The van der Waals surface area contributed by atoms with Crippen LogP contribution in [0.1, 0.15) is 17.3 Å². The van der Waals surface area contributed by atoms with Crippen LogP contribution < -0.4 is 10.2 Å². The van der Waals surface area contributed by atoms with Crippen molar-refractivity contribution in [2.24, 2.45) is 0 Å². The summed E-state index contributed by atoms with van der Waals surface area (Å²) in [5.41, 5.74) is 1.98. The topological polar surface area (TPSA) is 52.7 Å². The zero-order valence-corrected chi connectivity index (χ0v) is 14.0. The van der Waals surface area contributed by atoms with Crippen LogP contribution in [0.5, 0.6) is 0 Å². The van der Waals surface area contributed by atoms with Gasteiger partial charge in [0, 0.05) is 50.0 Å². The lowest BCUT2D eigenvalue weighted by Gasteiger charge is -2.35. The lowest BCUT2D eigenvalue weighted by atomic mass is 10.2. The van der Waals surface area contributed by atoms with Gasteiger partial charge in [0.2, 0.25) is 5.91 Å². The van der Waals surface area contributed by atoms with E-state index in [4.69, 9.17) is 0 Å². The Labute approximate surface area is 146 Å². The first kappa shape index (κ1) is 17.0. The third-order valence-electron chi connectivity index (χ3n) is 4.30. The lowest BCUT2D eigenvalue weighted by molar-refractivity contribution is -0.129. The number of carbonyl (C=O) groups excluding carboxylic acids is 2. The van der Waals surface area contributed by atoms with Gasteiger partial charge in [-0.2, -0.15) is 0 Å². The minimum absolute atomic E-state index is 0.107. The highest BCUT2D eigenvalue weighted by Gasteiger charge is 2.18. The van der Waals surface area contributed by atoms with Crippen molar-refractivity contribution in [1.82, 2.24) is 4.90 Å². The molecule has 2 amide bonds. The SMILES string of the molecule is CC(=O)N1CCN(c2ccc(NC(=O)c3cccc(F)c3)cc2)CC1. The summed E-state index contributed by atoms with van der Waals surface area (Å²) in [5.74, 6) is -0.676. The van der Waals surface area contributed by atoms with Crippen LogP contribution in [-0.2, 0) is 4.79 Å². The van der Waals surface area contributed by atoms with Gasteiger partial charge in [0.1, 0.15) is 5.82 Å². The molecule has 25 heavy (non-hydrogen) atoms. The molecule has 1 heterocycles. The Kier molecular flexibility index (Phi) is 4.97. The third kappa shape index (κ3) is 4.15. The monoisotopic (exact) mass is 341 g/mol. The largest absolute Gasteiger partial charge is 0.368 e. The zero-order valence-electron chi connectivity index (χ0n) is 14.0. The molecule has 1 aliphatic rings. The van der Waals surface area contributed by atoms with Gasteiger partial charge in [-0.3, -0.25) is 9.59 Å². The van der Waals surface area contributed by atoms with Crippen LogP contribution in [0.15, 0.2) is 48.5 Å². The number of nitrogens with zero attached hydrogens (tertiary/aromatic N) is 2. The van der Waals surface area contributed by atoms with Gasteiger partial charge >= 0.3 is 0 Å². The van der Waals surface area contributed by atoms with Crippen molar-refractivity contribution in [2.75, 3.05) is 36.4 Å². The van der Waals surface area contributed by atoms with Crippen molar-refractivity contribution in [3.8, 4) is 0 Å². The second kappa shape index (κ2) is 7.34. The van der Waals surface area contributed by atoms with Gasteiger partial charge < -0.3 is 15.1 Å². The number of hydrogen-bond donors (Lipinski definition) is 1. The van der Waals surface area contributed by atoms with E-state index in [1.54, 1.807) is 13.0 Å². The maximum Gasteiger partial charge on any atom is 0.255 e. The van der Waals surface area contributed by atoms with Gasteiger partial charge in [0.05, 0.1) is 0 Å². The lowest BCUT2D eigenvalue weighted by Crippen LogP contribution is -2.48. The van der Waals surface area contributed by atoms with Crippen molar-refractivity contribution >= 4 is 23.2 Å². The fourth-order valence-electron chi connectivity index (χ4n) is 2.87. The van der Waals surface area contributed by atoms with Crippen LogP contribution >= 0.6 is 0 Å². The molecule has 0 atom stereocenters. The average Bonchev–Trinajstić information content (AvgIpc) is 2.62. The first-order chi connectivity index (χ1) is 12.0. The number of halogens is 1. The number of amides is 2. The maximum atomic E-state index is 13.2. The second-order valence-corrected chi connectivity index (χ2v) is 6.00. The van der Waals surface area contributed by atoms with E-state index < -0.39 is 5.82 Å². The van der Waals surface area contributed by atoms with E-state index in [-0.39, 0.29) is 17.4 Å². The highest BCUT2D eigenvalue weighted by atomic mass is 19.1. The quantitative estimate of drug-likeness (QED) is 0.934. The summed E-state index contributed by atoms with van der Waals surface area (Å²) in [4.78, 5) is 27.5. The average molecular weight is 341 g/mol. The Morgan fingerprint density at radius 3 is 2.28 bits per heavy atom. The first-order valence-corrected chi connectivity index (χ1v) is 8.20. The molecule has 1 fully saturated rings. The summed E-state index contributed by atoms with van der Waals surface area (Å²) >= 11 is 0. The fourth-order valence-corrected chi connectivity index (χ4v) is 2.87.